The van der Waals surface area contributed by atoms with Crippen LogP contribution < -0.4 is 0 Å². The first-order chi connectivity index (χ1) is 14.2. The monoisotopic (exact) mass is 426 g/mol. The summed E-state index contributed by atoms with van der Waals surface area (Å²) in [7, 11) is 0. The summed E-state index contributed by atoms with van der Waals surface area (Å²) in [4.78, 5) is 0. The predicted molar refractivity (Wildman–Crippen MR) is 131 cm³/mol. The highest BCUT2D eigenvalue weighted by atomic mass is 16.3. The molecule has 0 unspecified atom stereocenters. The summed E-state index contributed by atoms with van der Waals surface area (Å²) in [5.41, 5.74) is 4.26. The van der Waals surface area contributed by atoms with Crippen LogP contribution in [0.4, 0.5) is 0 Å². The van der Waals surface area contributed by atoms with E-state index in [2.05, 4.69) is 61.5 Å². The summed E-state index contributed by atoms with van der Waals surface area (Å²) in [6.45, 7) is 20.6. The average molecular weight is 427 g/mol. The quantitative estimate of drug-likeness (QED) is 0.387. The summed E-state index contributed by atoms with van der Waals surface area (Å²) in [6.07, 6.45) is 15.9. The Labute approximate surface area is 192 Å². The largest absolute Gasteiger partial charge is 0.393 e. The van der Waals surface area contributed by atoms with Crippen LogP contribution >= 0.6 is 0 Å². The molecule has 1 heteroatoms. The standard InChI is InChI=1S/C30H50O/c1-20-21(31)9-10-22-27(20,5)12-11-23-28(22,6)16-18-30(8)24-19-25(2,3)13-14-26(24,4)15-17-29(23,30)7/h11,20-22,24,31H,9-10,12-19H2,1-8H3/t20-,21-,22-,24+,26+,27+,28-,29+,30-/m0/s1. The lowest BCUT2D eigenvalue weighted by Gasteiger charge is -2.72. The van der Waals surface area contributed by atoms with Crippen LogP contribution in [0, 0.1) is 50.2 Å². The van der Waals surface area contributed by atoms with E-state index in [0.29, 0.717) is 33.0 Å². The molecule has 0 aromatic carbocycles. The van der Waals surface area contributed by atoms with Crippen molar-refractivity contribution in [2.75, 3.05) is 0 Å². The molecule has 0 spiro atoms. The number of hydrogen-bond acceptors (Lipinski definition) is 1. The molecule has 9 atom stereocenters. The molecule has 31 heavy (non-hydrogen) atoms. The summed E-state index contributed by atoms with van der Waals surface area (Å²) in [6, 6.07) is 0. The van der Waals surface area contributed by atoms with Crippen LogP contribution in [0.1, 0.15) is 120 Å². The topological polar surface area (TPSA) is 20.2 Å². The molecule has 4 fully saturated rings. The van der Waals surface area contributed by atoms with Gasteiger partial charge < -0.3 is 5.11 Å². The van der Waals surface area contributed by atoms with Crippen molar-refractivity contribution in [1.82, 2.24) is 0 Å². The Hall–Kier alpha value is -0.300. The molecule has 176 valence electrons. The van der Waals surface area contributed by atoms with Crippen molar-refractivity contribution < 1.29 is 5.11 Å². The SMILES string of the molecule is C[C@H]1[C@@H](O)CC[C@H]2[C@]1(C)CC=C1[C@@]2(C)CC[C@@]2(C)[C@@H]3CC(C)(C)CC[C@]3(C)CC[C@]12C. The first kappa shape index (κ1) is 22.5. The van der Waals surface area contributed by atoms with E-state index in [-0.39, 0.29) is 11.5 Å². The number of aliphatic hydroxyl groups excluding tert-OH is 1. The van der Waals surface area contributed by atoms with Crippen LogP contribution in [0.3, 0.4) is 0 Å². The number of aliphatic hydroxyl groups is 1. The molecule has 4 saturated carbocycles. The maximum Gasteiger partial charge on any atom is 0.0571 e. The first-order valence-corrected chi connectivity index (χ1v) is 13.6. The highest BCUT2D eigenvalue weighted by molar-refractivity contribution is 5.36. The summed E-state index contributed by atoms with van der Waals surface area (Å²) >= 11 is 0. The van der Waals surface area contributed by atoms with E-state index in [9.17, 15) is 5.11 Å². The minimum Gasteiger partial charge on any atom is -0.393 e. The molecule has 5 aliphatic carbocycles. The van der Waals surface area contributed by atoms with Gasteiger partial charge in [-0.15, -0.1) is 0 Å². The van der Waals surface area contributed by atoms with Gasteiger partial charge in [-0.25, -0.2) is 0 Å². The molecular weight excluding hydrogens is 376 g/mol. The van der Waals surface area contributed by atoms with Crippen molar-refractivity contribution in [2.24, 2.45) is 50.2 Å². The molecule has 0 aromatic rings. The zero-order valence-corrected chi connectivity index (χ0v) is 21.9. The second-order valence-electron chi connectivity index (χ2n) is 15.1. The number of fused-ring (bicyclic) bond motifs is 7. The third kappa shape index (κ3) is 2.71. The van der Waals surface area contributed by atoms with Crippen LogP contribution in [0.5, 0.6) is 0 Å². The van der Waals surface area contributed by atoms with E-state index in [1.807, 2.05) is 5.57 Å². The zero-order chi connectivity index (χ0) is 22.7. The van der Waals surface area contributed by atoms with Gasteiger partial charge in [0.15, 0.2) is 0 Å². The maximum atomic E-state index is 10.7. The van der Waals surface area contributed by atoms with E-state index in [4.69, 9.17) is 0 Å². The van der Waals surface area contributed by atoms with Crippen molar-refractivity contribution >= 4 is 0 Å². The van der Waals surface area contributed by atoms with Crippen molar-refractivity contribution in [1.29, 1.82) is 0 Å². The fraction of sp³-hybridized carbons (Fsp3) is 0.933. The summed E-state index contributed by atoms with van der Waals surface area (Å²) in [5, 5.41) is 10.7. The van der Waals surface area contributed by atoms with Crippen LogP contribution in [0.25, 0.3) is 0 Å². The lowest BCUT2D eigenvalue weighted by atomic mass is 9.32. The van der Waals surface area contributed by atoms with Crippen molar-refractivity contribution in [2.45, 2.75) is 126 Å². The molecule has 5 aliphatic rings. The van der Waals surface area contributed by atoms with E-state index in [0.717, 1.165) is 18.3 Å². The number of rotatable bonds is 0. The summed E-state index contributed by atoms with van der Waals surface area (Å²) < 4.78 is 0. The molecule has 5 rings (SSSR count). The third-order valence-electron chi connectivity index (χ3n) is 13.2. The second kappa shape index (κ2) is 6.43. The zero-order valence-electron chi connectivity index (χ0n) is 21.9. The molecule has 0 amide bonds. The van der Waals surface area contributed by atoms with E-state index < -0.39 is 0 Å². The first-order valence-electron chi connectivity index (χ1n) is 13.6. The van der Waals surface area contributed by atoms with Crippen LogP contribution in [-0.2, 0) is 0 Å². The van der Waals surface area contributed by atoms with Crippen molar-refractivity contribution in [3.8, 4) is 0 Å². The Kier molecular flexibility index (Phi) is 4.66. The molecule has 0 aromatic heterocycles. The Morgan fingerprint density at radius 2 is 1.48 bits per heavy atom. The average Bonchev–Trinajstić information content (AvgIpc) is 2.69. The van der Waals surface area contributed by atoms with Gasteiger partial charge in [0, 0.05) is 0 Å². The Morgan fingerprint density at radius 1 is 0.806 bits per heavy atom. The molecule has 0 heterocycles. The molecule has 1 nitrogen and oxygen atoms in total. The number of allylic oxidation sites excluding steroid dienone is 2. The molecule has 0 radical (unpaired) electrons. The van der Waals surface area contributed by atoms with Gasteiger partial charge in [0.2, 0.25) is 0 Å². The Bertz CT molecular complexity index is 794. The Balaban J connectivity index is 1.59. The minimum absolute atomic E-state index is 0.107. The fourth-order valence-corrected chi connectivity index (χ4v) is 10.6. The molecular formula is C30H50O. The molecule has 0 aliphatic heterocycles. The lowest BCUT2D eigenvalue weighted by Crippen LogP contribution is -2.64. The van der Waals surface area contributed by atoms with Crippen molar-refractivity contribution in [3.05, 3.63) is 11.6 Å². The fourth-order valence-electron chi connectivity index (χ4n) is 10.6. The van der Waals surface area contributed by atoms with Gasteiger partial charge in [-0.2, -0.15) is 0 Å². The molecule has 0 saturated heterocycles. The van der Waals surface area contributed by atoms with Crippen LogP contribution in [-0.4, -0.2) is 11.2 Å². The molecule has 0 bridgehead atoms. The van der Waals surface area contributed by atoms with E-state index in [1.54, 1.807) is 0 Å². The third-order valence-corrected chi connectivity index (χ3v) is 13.2. The van der Waals surface area contributed by atoms with E-state index in [1.165, 1.54) is 57.8 Å². The van der Waals surface area contributed by atoms with Crippen molar-refractivity contribution in [3.63, 3.8) is 0 Å². The lowest BCUT2D eigenvalue weighted by molar-refractivity contribution is -0.182. The van der Waals surface area contributed by atoms with Crippen LogP contribution in [0.2, 0.25) is 0 Å². The van der Waals surface area contributed by atoms with Gasteiger partial charge >= 0.3 is 0 Å². The van der Waals surface area contributed by atoms with E-state index >= 15 is 0 Å². The predicted octanol–water partition coefficient (Wildman–Crippen LogP) is 8.17. The van der Waals surface area contributed by atoms with Gasteiger partial charge in [-0.1, -0.05) is 67.0 Å². The Morgan fingerprint density at radius 3 is 2.19 bits per heavy atom. The van der Waals surface area contributed by atoms with Gasteiger partial charge in [0.25, 0.3) is 0 Å². The smallest absolute Gasteiger partial charge is 0.0571 e. The second-order valence-corrected chi connectivity index (χ2v) is 15.1. The van der Waals surface area contributed by atoms with Crippen LogP contribution in [0.15, 0.2) is 11.6 Å². The molecule has 1 N–H and O–H groups in total. The van der Waals surface area contributed by atoms with Gasteiger partial charge in [0.1, 0.15) is 0 Å². The maximum absolute atomic E-state index is 10.7. The highest BCUT2D eigenvalue weighted by Crippen LogP contribution is 2.77. The highest BCUT2D eigenvalue weighted by Gasteiger charge is 2.68. The number of hydrogen-bond donors (Lipinski definition) is 1. The minimum atomic E-state index is -0.107. The normalized spacial score (nSPS) is 58.3. The van der Waals surface area contributed by atoms with Gasteiger partial charge in [-0.05, 0) is 114 Å². The van der Waals surface area contributed by atoms with Gasteiger partial charge in [-0.3, -0.25) is 0 Å². The van der Waals surface area contributed by atoms with Gasteiger partial charge in [0.05, 0.1) is 6.10 Å². The summed E-state index contributed by atoms with van der Waals surface area (Å²) in [5.74, 6) is 2.00.